The summed E-state index contributed by atoms with van der Waals surface area (Å²) < 4.78 is 13.2. The van der Waals surface area contributed by atoms with Crippen molar-refractivity contribution in [3.05, 3.63) is 12.7 Å². The zero-order valence-corrected chi connectivity index (χ0v) is 24.8. The van der Waals surface area contributed by atoms with Crippen LogP contribution in [-0.2, 0) is 19.1 Å². The molecule has 1 fully saturated rings. The van der Waals surface area contributed by atoms with Crippen LogP contribution in [0.2, 0.25) is 0 Å². The Morgan fingerprint density at radius 3 is 2.12 bits per heavy atom. The summed E-state index contributed by atoms with van der Waals surface area (Å²) in [5.41, 5.74) is 4.25. The minimum absolute atomic E-state index is 0.0812. The summed E-state index contributed by atoms with van der Waals surface area (Å²) in [4.78, 5) is 39.1. The standard InChI is InChI=1S/C30H49N5O6/c1-3-5-7-9-11-13-15-17-23(37)30(39)26(41-24(38)18-16-14-12-10-8-6-4-2)22(19-36)40-29(30)35-21-34-25-27(31)32-20-33-28(25)35/h20-22,26,29,36,39H,3-19H2,1-2H3,(H2,31,32,33)/t22-,26-,29-,30-/m1/s1. The zero-order chi connectivity index (χ0) is 29.7. The molecule has 3 heterocycles. The molecule has 1 saturated heterocycles. The number of aliphatic hydroxyl groups is 2. The third kappa shape index (κ3) is 8.45. The number of nitrogens with two attached hydrogens (primary N) is 1. The molecule has 2 aromatic rings. The number of unbranched alkanes of at least 4 members (excludes halogenated alkanes) is 12. The van der Waals surface area contributed by atoms with Gasteiger partial charge in [0.1, 0.15) is 17.9 Å². The van der Waals surface area contributed by atoms with E-state index in [1.165, 1.54) is 42.9 Å². The molecule has 0 radical (unpaired) electrons. The van der Waals surface area contributed by atoms with Crippen molar-refractivity contribution >= 4 is 28.7 Å². The molecule has 4 atom stereocenters. The number of carbonyl (C=O) groups is 2. The molecule has 4 N–H and O–H groups in total. The molecule has 0 aliphatic carbocycles. The fourth-order valence-electron chi connectivity index (χ4n) is 5.55. The number of rotatable bonds is 20. The van der Waals surface area contributed by atoms with Crippen molar-refractivity contribution in [3.63, 3.8) is 0 Å². The van der Waals surface area contributed by atoms with Gasteiger partial charge in [0, 0.05) is 12.8 Å². The molecular formula is C30H49N5O6. The van der Waals surface area contributed by atoms with Crippen molar-refractivity contribution < 1.29 is 29.3 Å². The number of aromatic nitrogens is 4. The van der Waals surface area contributed by atoms with E-state index in [0.29, 0.717) is 12.8 Å². The third-order valence-electron chi connectivity index (χ3n) is 7.97. The maximum Gasteiger partial charge on any atom is 0.306 e. The fourth-order valence-corrected chi connectivity index (χ4v) is 5.55. The molecule has 11 heteroatoms. The molecular weight excluding hydrogens is 526 g/mol. The maximum absolute atomic E-state index is 13.8. The summed E-state index contributed by atoms with van der Waals surface area (Å²) in [5, 5.41) is 22.3. The Morgan fingerprint density at radius 1 is 0.927 bits per heavy atom. The lowest BCUT2D eigenvalue weighted by Gasteiger charge is -2.32. The lowest BCUT2D eigenvalue weighted by molar-refractivity contribution is -0.173. The van der Waals surface area contributed by atoms with Crippen molar-refractivity contribution in [2.45, 2.75) is 141 Å². The second-order valence-electron chi connectivity index (χ2n) is 11.2. The lowest BCUT2D eigenvalue weighted by Crippen LogP contribution is -2.55. The molecule has 1 aliphatic rings. The van der Waals surface area contributed by atoms with Gasteiger partial charge in [0.2, 0.25) is 5.60 Å². The van der Waals surface area contributed by atoms with Gasteiger partial charge >= 0.3 is 5.97 Å². The summed E-state index contributed by atoms with van der Waals surface area (Å²) in [7, 11) is 0. The number of imidazole rings is 1. The number of aliphatic hydroxyl groups excluding tert-OH is 1. The Balaban J connectivity index is 1.76. The van der Waals surface area contributed by atoms with Gasteiger partial charge in [-0.2, -0.15) is 0 Å². The van der Waals surface area contributed by atoms with Crippen molar-refractivity contribution in [2.24, 2.45) is 0 Å². The van der Waals surface area contributed by atoms with Crippen LogP contribution in [-0.4, -0.2) is 65.9 Å². The van der Waals surface area contributed by atoms with Gasteiger partial charge in [0.15, 0.2) is 29.6 Å². The number of ketones is 1. The van der Waals surface area contributed by atoms with E-state index >= 15 is 0 Å². The predicted molar refractivity (Wildman–Crippen MR) is 156 cm³/mol. The van der Waals surface area contributed by atoms with Crippen LogP contribution in [0.3, 0.4) is 0 Å². The van der Waals surface area contributed by atoms with Gasteiger partial charge in [-0.05, 0) is 12.8 Å². The van der Waals surface area contributed by atoms with E-state index in [0.717, 1.165) is 51.4 Å². The molecule has 230 valence electrons. The van der Waals surface area contributed by atoms with Gasteiger partial charge < -0.3 is 25.4 Å². The largest absolute Gasteiger partial charge is 0.456 e. The molecule has 0 spiro atoms. The molecule has 0 bridgehead atoms. The number of anilines is 1. The number of ether oxygens (including phenoxy) is 2. The molecule has 11 nitrogen and oxygen atoms in total. The number of hydrogen-bond donors (Lipinski definition) is 3. The molecule has 0 amide bonds. The summed E-state index contributed by atoms with van der Waals surface area (Å²) in [6.07, 6.45) is 13.4. The fraction of sp³-hybridized carbons (Fsp3) is 0.767. The maximum atomic E-state index is 13.8. The first kappa shape index (κ1) is 32.9. The number of hydrogen-bond acceptors (Lipinski definition) is 10. The van der Waals surface area contributed by atoms with Crippen LogP contribution in [0.25, 0.3) is 11.2 Å². The predicted octanol–water partition coefficient (Wildman–Crippen LogP) is 4.79. The van der Waals surface area contributed by atoms with Gasteiger partial charge in [0.05, 0.1) is 12.9 Å². The Labute approximate surface area is 243 Å². The first-order valence-corrected chi connectivity index (χ1v) is 15.5. The molecule has 2 aromatic heterocycles. The normalized spacial score (nSPS) is 22.4. The highest BCUT2D eigenvalue weighted by Crippen LogP contribution is 2.43. The van der Waals surface area contributed by atoms with E-state index < -0.39 is 42.4 Å². The number of fused-ring (bicyclic) bond motifs is 1. The molecule has 0 unspecified atom stereocenters. The van der Waals surface area contributed by atoms with Gasteiger partial charge in [-0.3, -0.25) is 14.2 Å². The van der Waals surface area contributed by atoms with Crippen LogP contribution in [0, 0.1) is 0 Å². The summed E-state index contributed by atoms with van der Waals surface area (Å²) in [6.45, 7) is 3.79. The molecule has 0 saturated carbocycles. The van der Waals surface area contributed by atoms with Crippen LogP contribution in [0.4, 0.5) is 5.82 Å². The van der Waals surface area contributed by atoms with Crippen molar-refractivity contribution in [2.75, 3.05) is 12.3 Å². The van der Waals surface area contributed by atoms with E-state index in [-0.39, 0.29) is 29.8 Å². The third-order valence-corrected chi connectivity index (χ3v) is 7.97. The van der Waals surface area contributed by atoms with E-state index in [4.69, 9.17) is 15.2 Å². The van der Waals surface area contributed by atoms with Crippen LogP contribution < -0.4 is 5.73 Å². The molecule has 3 rings (SSSR count). The first-order valence-electron chi connectivity index (χ1n) is 15.5. The van der Waals surface area contributed by atoms with E-state index in [2.05, 4.69) is 28.8 Å². The van der Waals surface area contributed by atoms with E-state index in [9.17, 15) is 19.8 Å². The van der Waals surface area contributed by atoms with E-state index in [1.54, 1.807) is 0 Å². The Morgan fingerprint density at radius 2 is 1.51 bits per heavy atom. The number of carbonyl (C=O) groups excluding carboxylic acids is 2. The van der Waals surface area contributed by atoms with E-state index in [1.807, 2.05) is 0 Å². The zero-order valence-electron chi connectivity index (χ0n) is 24.8. The van der Waals surface area contributed by atoms with Crippen LogP contribution in [0.5, 0.6) is 0 Å². The first-order chi connectivity index (χ1) is 19.9. The van der Waals surface area contributed by atoms with Crippen LogP contribution in [0.15, 0.2) is 12.7 Å². The van der Waals surface area contributed by atoms with Crippen LogP contribution in [0.1, 0.15) is 123 Å². The SMILES string of the molecule is CCCCCCCCCC(=O)O[C@@H]1[C@@H](CO)O[C@@H](n2cnc3c(N)ncnc32)[C@@]1(O)C(=O)CCCCCCCCC. The molecule has 1 aliphatic heterocycles. The van der Waals surface area contributed by atoms with Gasteiger partial charge in [-0.25, -0.2) is 15.0 Å². The minimum Gasteiger partial charge on any atom is -0.456 e. The monoisotopic (exact) mass is 575 g/mol. The topological polar surface area (TPSA) is 163 Å². The Hall–Kier alpha value is -2.63. The summed E-state index contributed by atoms with van der Waals surface area (Å²) >= 11 is 0. The van der Waals surface area contributed by atoms with Crippen molar-refractivity contribution in [1.29, 1.82) is 0 Å². The number of Topliss-reactive ketones (excluding diaryl/α,β-unsaturated/α-hetero) is 1. The Kier molecular flexibility index (Phi) is 13.4. The number of esters is 1. The highest BCUT2D eigenvalue weighted by molar-refractivity contribution is 5.90. The van der Waals surface area contributed by atoms with Crippen LogP contribution >= 0.6 is 0 Å². The highest BCUT2D eigenvalue weighted by Gasteiger charge is 2.63. The molecule has 0 aromatic carbocycles. The van der Waals surface area contributed by atoms with Gasteiger partial charge in [-0.15, -0.1) is 0 Å². The summed E-state index contributed by atoms with van der Waals surface area (Å²) in [5.74, 6) is -0.902. The summed E-state index contributed by atoms with van der Waals surface area (Å²) in [6, 6.07) is 0. The minimum atomic E-state index is -2.25. The quantitative estimate of drug-likeness (QED) is 0.148. The lowest BCUT2D eigenvalue weighted by atomic mass is 9.86. The van der Waals surface area contributed by atoms with Crippen molar-refractivity contribution in [1.82, 2.24) is 19.5 Å². The second kappa shape index (κ2) is 16.7. The van der Waals surface area contributed by atoms with Gasteiger partial charge in [-0.1, -0.05) is 90.9 Å². The molecule has 41 heavy (non-hydrogen) atoms. The number of nitrogen functional groups attached to an aromatic ring is 1. The highest BCUT2D eigenvalue weighted by atomic mass is 16.6. The average Bonchev–Trinajstić information content (AvgIpc) is 3.52. The van der Waals surface area contributed by atoms with Crippen molar-refractivity contribution in [3.8, 4) is 0 Å². The van der Waals surface area contributed by atoms with Gasteiger partial charge in [0.25, 0.3) is 0 Å². The number of nitrogens with zero attached hydrogens (tertiary/aromatic N) is 4. The second-order valence-corrected chi connectivity index (χ2v) is 11.2. The smallest absolute Gasteiger partial charge is 0.306 e. The average molecular weight is 576 g/mol. The Bertz CT molecular complexity index is 1090.